The second-order valence-corrected chi connectivity index (χ2v) is 13.6. The van der Waals surface area contributed by atoms with Crippen LogP contribution in [0.5, 0.6) is 0 Å². The lowest BCUT2D eigenvalue weighted by Crippen LogP contribution is -1.97. The first-order valence-corrected chi connectivity index (χ1v) is 18.4. The van der Waals surface area contributed by atoms with Crippen LogP contribution in [-0.2, 0) is 0 Å². The fourth-order valence-corrected chi connectivity index (χ4v) is 7.52. The Balaban J connectivity index is 1.22. The summed E-state index contributed by atoms with van der Waals surface area (Å²) < 4.78 is 6.59. The van der Waals surface area contributed by atoms with Crippen LogP contribution in [0.4, 0.5) is 0 Å². The Morgan fingerprint density at radius 3 is 1.71 bits per heavy atom. The molecule has 0 fully saturated rings. The normalized spacial score (nSPS) is 11.3. The first-order chi connectivity index (χ1) is 27.2. The van der Waals surface area contributed by atoms with Crippen molar-refractivity contribution in [3.63, 3.8) is 0 Å². The van der Waals surface area contributed by atoms with Gasteiger partial charge in [0.1, 0.15) is 11.2 Å². The zero-order chi connectivity index (χ0) is 36.6. The summed E-state index contributed by atoms with van der Waals surface area (Å²) in [6, 6.07) is 65.5. The lowest BCUT2D eigenvalue weighted by molar-refractivity contribution is 0.670. The minimum absolute atomic E-state index is 0.662. The van der Waals surface area contributed by atoms with Crippen molar-refractivity contribution in [2.24, 2.45) is 0 Å². The summed E-state index contributed by atoms with van der Waals surface area (Å²) in [4.78, 5) is 14.8. The number of pyridine rings is 1. The molecule has 0 atom stereocenters. The Kier molecular flexibility index (Phi) is 8.12. The van der Waals surface area contributed by atoms with Crippen molar-refractivity contribution in [2.45, 2.75) is 0 Å². The molecule has 4 nitrogen and oxygen atoms in total. The number of hydrogen-bond donors (Lipinski definition) is 0. The molecule has 0 amide bonds. The summed E-state index contributed by atoms with van der Waals surface area (Å²) in [5.41, 5.74) is 15.1. The van der Waals surface area contributed by atoms with Gasteiger partial charge in [-0.3, -0.25) is 4.98 Å². The van der Waals surface area contributed by atoms with Crippen LogP contribution >= 0.6 is 0 Å². The maximum absolute atomic E-state index is 6.59. The molecule has 0 aliphatic heterocycles. The standard InChI is InChI=1S/C51H33N3O/c1-3-13-34(14-4-1)37-17-11-18-38(29-37)39-30-40(43-22-12-23-46-45-21-9-10-24-49(45)55-50(43)46)32-41(31-39)47-33-48(54-51(53-47)36-15-5-2-6-16-36)44-20-8-7-19-42(44)35-25-27-52-28-26-35/h1-33H. The minimum Gasteiger partial charge on any atom is -0.455 e. The van der Waals surface area contributed by atoms with Crippen LogP contribution in [0.25, 0.3) is 100 Å². The summed E-state index contributed by atoms with van der Waals surface area (Å²) in [6.07, 6.45) is 3.66. The average Bonchev–Trinajstić information content (AvgIpc) is 3.66. The molecule has 0 radical (unpaired) electrons. The number of rotatable bonds is 7. The van der Waals surface area contributed by atoms with Gasteiger partial charge >= 0.3 is 0 Å². The van der Waals surface area contributed by atoms with Gasteiger partial charge in [0.15, 0.2) is 5.82 Å². The fraction of sp³-hybridized carbons (Fsp3) is 0. The fourth-order valence-electron chi connectivity index (χ4n) is 7.52. The van der Waals surface area contributed by atoms with Crippen LogP contribution in [0.1, 0.15) is 0 Å². The molecule has 55 heavy (non-hydrogen) atoms. The van der Waals surface area contributed by atoms with Gasteiger partial charge in [0, 0.05) is 45.4 Å². The lowest BCUT2D eigenvalue weighted by atomic mass is 9.92. The molecular formula is C51H33N3O. The van der Waals surface area contributed by atoms with Crippen LogP contribution in [0, 0.1) is 0 Å². The predicted octanol–water partition coefficient (Wildman–Crippen LogP) is 13.4. The van der Waals surface area contributed by atoms with E-state index in [4.69, 9.17) is 14.4 Å². The van der Waals surface area contributed by atoms with Crippen LogP contribution in [0.2, 0.25) is 0 Å². The van der Waals surface area contributed by atoms with Crippen molar-refractivity contribution in [1.29, 1.82) is 0 Å². The molecule has 0 spiro atoms. The molecule has 0 saturated heterocycles. The number of nitrogens with zero attached hydrogens (tertiary/aromatic N) is 3. The van der Waals surface area contributed by atoms with Crippen LogP contribution in [0.3, 0.4) is 0 Å². The third-order valence-corrected chi connectivity index (χ3v) is 10.2. The molecule has 7 aromatic carbocycles. The van der Waals surface area contributed by atoms with E-state index in [1.54, 1.807) is 0 Å². The molecule has 0 saturated carbocycles. The molecule has 0 bridgehead atoms. The van der Waals surface area contributed by atoms with Gasteiger partial charge in [-0.2, -0.15) is 0 Å². The van der Waals surface area contributed by atoms with Gasteiger partial charge in [0.05, 0.1) is 11.4 Å². The van der Waals surface area contributed by atoms with Crippen LogP contribution in [-0.4, -0.2) is 15.0 Å². The summed E-state index contributed by atoms with van der Waals surface area (Å²) in [5, 5.41) is 2.20. The topological polar surface area (TPSA) is 51.8 Å². The van der Waals surface area contributed by atoms with Gasteiger partial charge < -0.3 is 4.42 Å². The Morgan fingerprint density at radius 2 is 0.891 bits per heavy atom. The van der Waals surface area contributed by atoms with Gasteiger partial charge in [-0.05, 0) is 87.5 Å². The quantitative estimate of drug-likeness (QED) is 0.166. The SMILES string of the molecule is c1ccc(-c2cccc(-c3cc(-c4cc(-c5ccccc5-c5ccncc5)nc(-c5ccccc5)n4)cc(-c4cccc5c4oc4ccccc45)c3)c2)cc1. The molecular weight excluding hydrogens is 671 g/mol. The molecule has 258 valence electrons. The van der Waals surface area contributed by atoms with Crippen molar-refractivity contribution in [3.05, 3.63) is 200 Å². The van der Waals surface area contributed by atoms with E-state index in [0.717, 1.165) is 89.0 Å². The number of hydrogen-bond acceptors (Lipinski definition) is 4. The number of para-hydroxylation sites is 2. The molecule has 0 N–H and O–H groups in total. The van der Waals surface area contributed by atoms with Crippen molar-refractivity contribution in [3.8, 4) is 78.4 Å². The summed E-state index contributed by atoms with van der Waals surface area (Å²) in [7, 11) is 0. The smallest absolute Gasteiger partial charge is 0.160 e. The van der Waals surface area contributed by atoms with Gasteiger partial charge in [-0.25, -0.2) is 9.97 Å². The molecule has 3 heterocycles. The van der Waals surface area contributed by atoms with Crippen molar-refractivity contribution < 1.29 is 4.42 Å². The van der Waals surface area contributed by atoms with Crippen molar-refractivity contribution in [1.82, 2.24) is 15.0 Å². The lowest BCUT2D eigenvalue weighted by Gasteiger charge is -2.15. The highest BCUT2D eigenvalue weighted by atomic mass is 16.3. The van der Waals surface area contributed by atoms with Gasteiger partial charge in [0.25, 0.3) is 0 Å². The largest absolute Gasteiger partial charge is 0.455 e. The zero-order valence-corrected chi connectivity index (χ0v) is 29.8. The predicted molar refractivity (Wildman–Crippen MR) is 225 cm³/mol. The number of fused-ring (bicyclic) bond motifs is 3. The van der Waals surface area contributed by atoms with Gasteiger partial charge in [0.2, 0.25) is 0 Å². The average molecular weight is 704 g/mol. The third kappa shape index (κ3) is 6.16. The van der Waals surface area contributed by atoms with Crippen molar-refractivity contribution in [2.75, 3.05) is 0 Å². The van der Waals surface area contributed by atoms with E-state index < -0.39 is 0 Å². The molecule has 10 rings (SSSR count). The Hall–Kier alpha value is -7.43. The molecule has 4 heteroatoms. The monoisotopic (exact) mass is 703 g/mol. The number of aromatic nitrogens is 3. The molecule has 0 aliphatic rings. The minimum atomic E-state index is 0.662. The molecule has 0 aliphatic carbocycles. The first-order valence-electron chi connectivity index (χ1n) is 18.4. The maximum Gasteiger partial charge on any atom is 0.160 e. The number of benzene rings is 7. The second kappa shape index (κ2) is 13.8. The Labute approximate surface area is 319 Å². The summed E-state index contributed by atoms with van der Waals surface area (Å²) in [6.45, 7) is 0. The van der Waals surface area contributed by atoms with E-state index in [1.165, 1.54) is 5.56 Å². The third-order valence-electron chi connectivity index (χ3n) is 10.2. The molecule has 10 aromatic rings. The second-order valence-electron chi connectivity index (χ2n) is 13.6. The van der Waals surface area contributed by atoms with Gasteiger partial charge in [-0.15, -0.1) is 0 Å². The Bertz CT molecular complexity index is 2970. The van der Waals surface area contributed by atoms with E-state index in [1.807, 2.05) is 54.9 Å². The van der Waals surface area contributed by atoms with E-state index >= 15 is 0 Å². The van der Waals surface area contributed by atoms with Crippen molar-refractivity contribution >= 4 is 21.9 Å². The Morgan fingerprint density at radius 1 is 0.327 bits per heavy atom. The highest BCUT2D eigenvalue weighted by Crippen LogP contribution is 2.41. The summed E-state index contributed by atoms with van der Waals surface area (Å²) in [5.74, 6) is 0.662. The van der Waals surface area contributed by atoms with E-state index in [2.05, 4.69) is 151 Å². The molecule has 3 aromatic heterocycles. The van der Waals surface area contributed by atoms with Crippen LogP contribution < -0.4 is 0 Å². The number of furan rings is 1. The highest BCUT2D eigenvalue weighted by molar-refractivity contribution is 6.10. The van der Waals surface area contributed by atoms with E-state index in [9.17, 15) is 0 Å². The zero-order valence-electron chi connectivity index (χ0n) is 29.8. The first kappa shape index (κ1) is 32.2. The van der Waals surface area contributed by atoms with Gasteiger partial charge in [-0.1, -0.05) is 140 Å². The van der Waals surface area contributed by atoms with E-state index in [0.29, 0.717) is 5.82 Å². The molecule has 0 unspecified atom stereocenters. The maximum atomic E-state index is 6.59. The highest BCUT2D eigenvalue weighted by Gasteiger charge is 2.18. The van der Waals surface area contributed by atoms with E-state index in [-0.39, 0.29) is 0 Å². The van der Waals surface area contributed by atoms with Crippen LogP contribution in [0.15, 0.2) is 205 Å². The summed E-state index contributed by atoms with van der Waals surface area (Å²) >= 11 is 0.